The molecule has 0 radical (unpaired) electrons. The summed E-state index contributed by atoms with van der Waals surface area (Å²) in [6, 6.07) is 20.6. The zero-order valence-electron chi connectivity index (χ0n) is 22.1. The molecule has 11 heteroatoms. The molecular weight excluding hydrogens is 546 g/mol. The van der Waals surface area contributed by atoms with E-state index in [1.807, 2.05) is 30.3 Å². The molecule has 6 rings (SSSR count). The van der Waals surface area contributed by atoms with E-state index in [2.05, 4.69) is 20.6 Å². The summed E-state index contributed by atoms with van der Waals surface area (Å²) in [4.78, 5) is 20.8. The summed E-state index contributed by atoms with van der Waals surface area (Å²) in [5.41, 5.74) is 2.36. The van der Waals surface area contributed by atoms with Crippen molar-refractivity contribution in [3.63, 3.8) is 0 Å². The zero-order chi connectivity index (χ0) is 28.9. The molecule has 0 bridgehead atoms. The average Bonchev–Trinajstić information content (AvgIpc) is 3.01. The van der Waals surface area contributed by atoms with Crippen LogP contribution in [0.25, 0.3) is 10.9 Å². The molecule has 0 fully saturated rings. The predicted molar refractivity (Wildman–Crippen MR) is 150 cm³/mol. The Morgan fingerprint density at radius 3 is 2.43 bits per heavy atom. The molecule has 0 atom stereocenters. The number of urea groups is 1. The van der Waals surface area contributed by atoms with Gasteiger partial charge in [-0.05, 0) is 35.4 Å². The largest absolute Gasteiger partial charge is 0.485 e. The fraction of sp³-hybridized carbons (Fsp3) is 0.129. The SMILES string of the molecule is O=C(NCc1ccc(F)cc1)Nc1ccc(Oc2ncnc3cc(OCc4ccccc4)c4c(c23)OCCO4)c(F)c1. The van der Waals surface area contributed by atoms with Crippen LogP contribution in [0.15, 0.2) is 85.2 Å². The van der Waals surface area contributed by atoms with E-state index in [-0.39, 0.29) is 36.3 Å². The highest BCUT2D eigenvalue weighted by molar-refractivity contribution is 5.94. The Morgan fingerprint density at radius 2 is 1.64 bits per heavy atom. The van der Waals surface area contributed by atoms with Crippen LogP contribution in [0.3, 0.4) is 0 Å². The molecule has 0 spiro atoms. The van der Waals surface area contributed by atoms with E-state index in [1.54, 1.807) is 18.2 Å². The van der Waals surface area contributed by atoms with Crippen LogP contribution >= 0.6 is 0 Å². The molecule has 0 saturated heterocycles. The van der Waals surface area contributed by atoms with Gasteiger partial charge in [0.1, 0.15) is 37.4 Å². The van der Waals surface area contributed by atoms with Gasteiger partial charge in [0.25, 0.3) is 0 Å². The van der Waals surface area contributed by atoms with Gasteiger partial charge in [-0.15, -0.1) is 0 Å². The number of carbonyl (C=O) groups is 1. The van der Waals surface area contributed by atoms with Crippen LogP contribution in [-0.2, 0) is 13.2 Å². The molecule has 4 aromatic carbocycles. The minimum Gasteiger partial charge on any atom is -0.485 e. The van der Waals surface area contributed by atoms with Crippen molar-refractivity contribution in [3.8, 4) is 28.9 Å². The number of fused-ring (bicyclic) bond motifs is 3. The number of carbonyl (C=O) groups excluding carboxylic acids is 1. The first-order valence-corrected chi connectivity index (χ1v) is 13.0. The summed E-state index contributed by atoms with van der Waals surface area (Å²) in [5, 5.41) is 5.60. The monoisotopic (exact) mass is 570 g/mol. The molecule has 2 amide bonds. The number of benzene rings is 4. The molecule has 9 nitrogen and oxygen atoms in total. The van der Waals surface area contributed by atoms with Gasteiger partial charge in [-0.1, -0.05) is 42.5 Å². The second-order valence-electron chi connectivity index (χ2n) is 9.26. The van der Waals surface area contributed by atoms with Crippen molar-refractivity contribution < 1.29 is 32.5 Å². The van der Waals surface area contributed by atoms with Gasteiger partial charge in [0, 0.05) is 24.4 Å². The first-order chi connectivity index (χ1) is 20.5. The molecule has 0 unspecified atom stereocenters. The zero-order valence-corrected chi connectivity index (χ0v) is 22.1. The van der Waals surface area contributed by atoms with Crippen LogP contribution in [0.2, 0.25) is 0 Å². The summed E-state index contributed by atoms with van der Waals surface area (Å²) < 4.78 is 51.9. The standard InChI is InChI=1S/C31H24F2N4O5/c32-21-8-6-19(7-9-21)16-34-31(38)37-22-10-11-25(23(33)14-22)42-30-27-24(35-18-36-30)15-26(28-29(27)40-13-12-39-28)41-17-20-4-2-1-3-5-20/h1-11,14-15,18H,12-13,16-17H2,(H2,34,37,38). The Balaban J connectivity index is 1.20. The number of amides is 2. The topological polar surface area (TPSA) is 104 Å². The quantitative estimate of drug-likeness (QED) is 0.223. The van der Waals surface area contributed by atoms with Gasteiger partial charge in [0.05, 0.1) is 5.52 Å². The van der Waals surface area contributed by atoms with Crippen molar-refractivity contribution in [3.05, 3.63) is 108 Å². The van der Waals surface area contributed by atoms with Crippen molar-refractivity contribution in [1.29, 1.82) is 0 Å². The van der Waals surface area contributed by atoms with E-state index in [9.17, 15) is 9.18 Å². The van der Waals surface area contributed by atoms with Crippen molar-refractivity contribution in [2.75, 3.05) is 18.5 Å². The van der Waals surface area contributed by atoms with E-state index >= 15 is 4.39 Å². The summed E-state index contributed by atoms with van der Waals surface area (Å²) >= 11 is 0. The van der Waals surface area contributed by atoms with Gasteiger partial charge >= 0.3 is 6.03 Å². The van der Waals surface area contributed by atoms with Gasteiger partial charge in [-0.25, -0.2) is 23.5 Å². The third kappa shape index (κ3) is 5.99. The lowest BCUT2D eigenvalue weighted by Gasteiger charge is -2.23. The number of hydrogen-bond donors (Lipinski definition) is 2. The highest BCUT2D eigenvalue weighted by atomic mass is 19.1. The Bertz CT molecular complexity index is 1740. The normalized spacial score (nSPS) is 12.0. The highest BCUT2D eigenvalue weighted by Gasteiger charge is 2.26. The molecule has 2 heterocycles. The summed E-state index contributed by atoms with van der Waals surface area (Å²) in [6.07, 6.45) is 1.30. The van der Waals surface area contributed by atoms with Crippen LogP contribution in [0.5, 0.6) is 28.9 Å². The second kappa shape index (κ2) is 12.0. The number of aromatic nitrogens is 2. The maximum Gasteiger partial charge on any atom is 0.319 e. The minimum atomic E-state index is -0.730. The van der Waals surface area contributed by atoms with Gasteiger partial charge in [-0.3, -0.25) is 0 Å². The number of rotatable bonds is 8. The van der Waals surface area contributed by atoms with Crippen LogP contribution in [0, 0.1) is 11.6 Å². The molecular formula is C31H24F2N4O5. The van der Waals surface area contributed by atoms with Crippen molar-refractivity contribution in [2.45, 2.75) is 13.2 Å². The first-order valence-electron chi connectivity index (χ1n) is 13.0. The van der Waals surface area contributed by atoms with Crippen LogP contribution in [-0.4, -0.2) is 29.2 Å². The molecule has 1 aromatic heterocycles. The second-order valence-corrected chi connectivity index (χ2v) is 9.26. The Morgan fingerprint density at radius 1 is 0.857 bits per heavy atom. The van der Waals surface area contributed by atoms with Crippen molar-refractivity contribution >= 4 is 22.6 Å². The van der Waals surface area contributed by atoms with Crippen molar-refractivity contribution in [1.82, 2.24) is 15.3 Å². The third-order valence-electron chi connectivity index (χ3n) is 6.34. The van der Waals surface area contributed by atoms with Crippen molar-refractivity contribution in [2.24, 2.45) is 0 Å². The smallest absolute Gasteiger partial charge is 0.319 e. The van der Waals surface area contributed by atoms with Crippen LogP contribution < -0.4 is 29.6 Å². The first kappa shape index (κ1) is 26.8. The number of hydrogen-bond acceptors (Lipinski definition) is 7. The Kier molecular flexibility index (Phi) is 7.62. The summed E-state index contributed by atoms with van der Waals surface area (Å²) in [5.74, 6) is 0.0198. The Labute approximate surface area is 239 Å². The number of ether oxygens (including phenoxy) is 4. The average molecular weight is 571 g/mol. The maximum absolute atomic E-state index is 15.1. The molecule has 42 heavy (non-hydrogen) atoms. The molecule has 0 saturated carbocycles. The number of nitrogens with one attached hydrogen (secondary N) is 2. The van der Waals surface area contributed by atoms with E-state index in [0.717, 1.165) is 11.6 Å². The van der Waals surface area contributed by atoms with E-state index < -0.39 is 11.8 Å². The fourth-order valence-electron chi connectivity index (χ4n) is 4.33. The molecule has 2 N–H and O–H groups in total. The lowest BCUT2D eigenvalue weighted by Crippen LogP contribution is -2.28. The van der Waals surface area contributed by atoms with E-state index in [4.69, 9.17) is 18.9 Å². The molecule has 5 aromatic rings. The predicted octanol–water partition coefficient (Wildman–Crippen LogP) is 6.37. The fourth-order valence-corrected chi connectivity index (χ4v) is 4.33. The van der Waals surface area contributed by atoms with Gasteiger partial charge in [0.15, 0.2) is 23.1 Å². The maximum atomic E-state index is 15.1. The van der Waals surface area contributed by atoms with Gasteiger partial charge < -0.3 is 29.6 Å². The van der Waals surface area contributed by atoms with Crippen LogP contribution in [0.4, 0.5) is 19.3 Å². The molecule has 1 aliphatic rings. The number of halogens is 2. The molecule has 0 aliphatic carbocycles. The minimum absolute atomic E-state index is 0.0630. The third-order valence-corrected chi connectivity index (χ3v) is 6.34. The number of anilines is 1. The summed E-state index contributed by atoms with van der Waals surface area (Å²) in [6.45, 7) is 1.10. The molecule has 212 valence electrons. The highest BCUT2D eigenvalue weighted by Crippen LogP contribution is 2.48. The number of nitrogens with zero attached hydrogens (tertiary/aromatic N) is 2. The summed E-state index contributed by atoms with van der Waals surface area (Å²) in [7, 11) is 0. The lowest BCUT2D eigenvalue weighted by atomic mass is 10.1. The molecule has 1 aliphatic heterocycles. The Hall–Kier alpha value is -5.45. The van der Waals surface area contributed by atoms with Gasteiger partial charge in [0.2, 0.25) is 11.6 Å². The van der Waals surface area contributed by atoms with E-state index in [1.165, 1.54) is 30.6 Å². The van der Waals surface area contributed by atoms with Gasteiger partial charge in [-0.2, -0.15) is 0 Å². The van der Waals surface area contributed by atoms with Crippen LogP contribution in [0.1, 0.15) is 11.1 Å². The lowest BCUT2D eigenvalue weighted by molar-refractivity contribution is 0.163. The van der Waals surface area contributed by atoms with E-state index in [0.29, 0.717) is 46.9 Å².